The van der Waals surface area contributed by atoms with Crippen molar-refractivity contribution in [1.82, 2.24) is 9.13 Å². The van der Waals surface area contributed by atoms with Crippen molar-refractivity contribution in [3.63, 3.8) is 0 Å². The molecule has 2 heteroatoms. The molecule has 0 fully saturated rings. The molecule has 0 aliphatic heterocycles. The van der Waals surface area contributed by atoms with Crippen molar-refractivity contribution < 1.29 is 0 Å². The van der Waals surface area contributed by atoms with Crippen LogP contribution in [0.3, 0.4) is 0 Å². The second-order valence-electron chi connectivity index (χ2n) is 13.0. The van der Waals surface area contributed by atoms with Crippen LogP contribution in [0.1, 0.15) is 0 Å². The molecular formula is C48H32N2. The van der Waals surface area contributed by atoms with Gasteiger partial charge in [0.1, 0.15) is 0 Å². The van der Waals surface area contributed by atoms with Gasteiger partial charge in [0.15, 0.2) is 0 Å². The molecule has 0 amide bonds. The summed E-state index contributed by atoms with van der Waals surface area (Å²) in [6.07, 6.45) is 0. The van der Waals surface area contributed by atoms with Gasteiger partial charge in [0.25, 0.3) is 0 Å². The summed E-state index contributed by atoms with van der Waals surface area (Å²) in [5.41, 5.74) is 14.5. The van der Waals surface area contributed by atoms with Gasteiger partial charge in [-0.05, 0) is 76.3 Å². The SMILES string of the molecule is c1ccc(-c2cccc(-c3ccc(-n4c5ccccc5c5cc6c(cc54)c4cccc(-c5ccccc5)c4n6-c4ccccc4)cc3)c2)cc1. The third-order valence-corrected chi connectivity index (χ3v) is 10.1. The Morgan fingerprint density at radius 2 is 0.760 bits per heavy atom. The lowest BCUT2D eigenvalue weighted by molar-refractivity contribution is 1.17. The molecule has 0 aliphatic carbocycles. The van der Waals surface area contributed by atoms with E-state index in [0.29, 0.717) is 0 Å². The average Bonchev–Trinajstić information content (AvgIpc) is 3.70. The fourth-order valence-corrected chi connectivity index (χ4v) is 7.81. The first-order valence-corrected chi connectivity index (χ1v) is 17.2. The first-order chi connectivity index (χ1) is 24.8. The Labute approximate surface area is 290 Å². The Morgan fingerprint density at radius 1 is 0.260 bits per heavy atom. The highest BCUT2D eigenvalue weighted by molar-refractivity contribution is 6.20. The molecule has 10 aromatic rings. The van der Waals surface area contributed by atoms with Crippen molar-refractivity contribution >= 4 is 43.6 Å². The van der Waals surface area contributed by atoms with E-state index in [9.17, 15) is 0 Å². The molecular weight excluding hydrogens is 605 g/mol. The lowest BCUT2D eigenvalue weighted by Crippen LogP contribution is -1.95. The molecule has 2 aromatic heterocycles. The fourth-order valence-electron chi connectivity index (χ4n) is 7.81. The standard InChI is InChI=1S/C48H32N2/c1-4-14-33(15-5-1)36-18-12-19-37(30-36)34-26-28-39(29-27-34)49-45-25-11-10-22-41(45)43-31-47-44(32-46(43)49)42-24-13-23-40(35-16-6-2-7-17-35)48(42)50(47)38-20-8-3-9-21-38/h1-32H. The molecule has 234 valence electrons. The maximum absolute atomic E-state index is 2.46. The summed E-state index contributed by atoms with van der Waals surface area (Å²) in [6, 6.07) is 70.3. The maximum atomic E-state index is 2.46. The maximum Gasteiger partial charge on any atom is 0.0619 e. The summed E-state index contributed by atoms with van der Waals surface area (Å²) in [7, 11) is 0. The Bertz CT molecular complexity index is 2820. The van der Waals surface area contributed by atoms with E-state index in [0.717, 1.165) is 11.4 Å². The van der Waals surface area contributed by atoms with E-state index >= 15 is 0 Å². The van der Waals surface area contributed by atoms with Gasteiger partial charge < -0.3 is 9.13 Å². The molecule has 0 radical (unpaired) electrons. The van der Waals surface area contributed by atoms with E-state index in [2.05, 4.69) is 203 Å². The van der Waals surface area contributed by atoms with E-state index in [1.807, 2.05) is 0 Å². The van der Waals surface area contributed by atoms with E-state index in [4.69, 9.17) is 0 Å². The first-order valence-electron chi connectivity index (χ1n) is 17.2. The summed E-state index contributed by atoms with van der Waals surface area (Å²) in [6.45, 7) is 0. The van der Waals surface area contributed by atoms with Gasteiger partial charge in [0.2, 0.25) is 0 Å². The monoisotopic (exact) mass is 636 g/mol. The zero-order valence-electron chi connectivity index (χ0n) is 27.4. The zero-order valence-corrected chi connectivity index (χ0v) is 27.4. The normalized spacial score (nSPS) is 11.6. The molecule has 50 heavy (non-hydrogen) atoms. The predicted octanol–water partition coefficient (Wildman–Crippen LogP) is 12.9. The van der Waals surface area contributed by atoms with Crippen molar-refractivity contribution in [3.05, 3.63) is 194 Å². The first kappa shape index (κ1) is 28.4. The lowest BCUT2D eigenvalue weighted by Gasteiger charge is -2.12. The highest BCUT2D eigenvalue weighted by Crippen LogP contribution is 2.42. The molecule has 0 bridgehead atoms. The molecule has 0 N–H and O–H groups in total. The van der Waals surface area contributed by atoms with Gasteiger partial charge in [0, 0.05) is 38.5 Å². The van der Waals surface area contributed by atoms with Crippen LogP contribution in [0.4, 0.5) is 0 Å². The Kier molecular flexibility index (Phi) is 6.53. The van der Waals surface area contributed by atoms with Gasteiger partial charge in [-0.2, -0.15) is 0 Å². The third kappa shape index (κ3) is 4.50. The van der Waals surface area contributed by atoms with Gasteiger partial charge in [-0.1, -0.05) is 146 Å². The number of hydrogen-bond acceptors (Lipinski definition) is 0. The number of para-hydroxylation sites is 3. The quantitative estimate of drug-likeness (QED) is 0.178. The molecule has 0 unspecified atom stereocenters. The Balaban J connectivity index is 1.20. The molecule has 0 aliphatic rings. The third-order valence-electron chi connectivity index (χ3n) is 10.1. The van der Waals surface area contributed by atoms with Gasteiger partial charge in [-0.15, -0.1) is 0 Å². The fraction of sp³-hybridized carbons (Fsp3) is 0. The lowest BCUT2D eigenvalue weighted by atomic mass is 9.99. The highest BCUT2D eigenvalue weighted by Gasteiger charge is 2.20. The summed E-state index contributed by atoms with van der Waals surface area (Å²) >= 11 is 0. The summed E-state index contributed by atoms with van der Waals surface area (Å²) in [5.74, 6) is 0. The predicted molar refractivity (Wildman–Crippen MR) is 211 cm³/mol. The molecule has 0 saturated carbocycles. The van der Waals surface area contributed by atoms with Crippen molar-refractivity contribution in [2.24, 2.45) is 0 Å². The number of benzene rings is 8. The van der Waals surface area contributed by atoms with Crippen LogP contribution in [0.2, 0.25) is 0 Å². The molecule has 0 atom stereocenters. The van der Waals surface area contributed by atoms with Crippen LogP contribution in [-0.2, 0) is 0 Å². The zero-order chi connectivity index (χ0) is 33.0. The van der Waals surface area contributed by atoms with E-state index in [-0.39, 0.29) is 0 Å². The Morgan fingerprint density at radius 3 is 1.48 bits per heavy atom. The van der Waals surface area contributed by atoms with E-state index in [1.54, 1.807) is 0 Å². The molecule has 0 saturated heterocycles. The van der Waals surface area contributed by atoms with Gasteiger partial charge in [0.05, 0.1) is 22.1 Å². The van der Waals surface area contributed by atoms with Gasteiger partial charge >= 0.3 is 0 Å². The van der Waals surface area contributed by atoms with Crippen LogP contribution in [-0.4, -0.2) is 9.13 Å². The number of fused-ring (bicyclic) bond motifs is 6. The Hall–Kier alpha value is -6.64. The van der Waals surface area contributed by atoms with Crippen LogP contribution in [0.25, 0.3) is 88.4 Å². The molecule has 2 nitrogen and oxygen atoms in total. The van der Waals surface area contributed by atoms with Crippen LogP contribution < -0.4 is 0 Å². The smallest absolute Gasteiger partial charge is 0.0619 e. The van der Waals surface area contributed by atoms with Crippen LogP contribution in [0, 0.1) is 0 Å². The van der Waals surface area contributed by atoms with Crippen molar-refractivity contribution in [2.45, 2.75) is 0 Å². The summed E-state index contributed by atoms with van der Waals surface area (Å²) in [4.78, 5) is 0. The van der Waals surface area contributed by atoms with Crippen LogP contribution in [0.15, 0.2) is 194 Å². The number of rotatable bonds is 5. The van der Waals surface area contributed by atoms with Crippen molar-refractivity contribution in [3.8, 4) is 44.8 Å². The molecule has 0 spiro atoms. The number of nitrogens with zero attached hydrogens (tertiary/aromatic N) is 2. The number of hydrogen-bond donors (Lipinski definition) is 0. The van der Waals surface area contributed by atoms with Crippen LogP contribution >= 0.6 is 0 Å². The molecule has 8 aromatic carbocycles. The average molecular weight is 637 g/mol. The summed E-state index contributed by atoms with van der Waals surface area (Å²) in [5, 5.41) is 4.98. The van der Waals surface area contributed by atoms with Crippen molar-refractivity contribution in [1.29, 1.82) is 0 Å². The van der Waals surface area contributed by atoms with Gasteiger partial charge in [-0.3, -0.25) is 0 Å². The molecule has 10 rings (SSSR count). The minimum absolute atomic E-state index is 1.15. The second-order valence-corrected chi connectivity index (χ2v) is 13.0. The summed E-state index contributed by atoms with van der Waals surface area (Å²) < 4.78 is 4.89. The topological polar surface area (TPSA) is 9.86 Å². The minimum Gasteiger partial charge on any atom is -0.309 e. The minimum atomic E-state index is 1.15. The second kappa shape index (κ2) is 11.5. The number of aromatic nitrogens is 2. The van der Waals surface area contributed by atoms with Gasteiger partial charge in [-0.25, -0.2) is 0 Å². The van der Waals surface area contributed by atoms with E-state index < -0.39 is 0 Å². The van der Waals surface area contributed by atoms with E-state index in [1.165, 1.54) is 77.0 Å². The van der Waals surface area contributed by atoms with Crippen LogP contribution in [0.5, 0.6) is 0 Å². The molecule has 2 heterocycles. The highest BCUT2D eigenvalue weighted by atomic mass is 15.0. The van der Waals surface area contributed by atoms with Crippen molar-refractivity contribution in [2.75, 3.05) is 0 Å². The largest absolute Gasteiger partial charge is 0.309 e.